The van der Waals surface area contributed by atoms with Crippen molar-refractivity contribution in [2.24, 2.45) is 5.92 Å². The monoisotopic (exact) mass is 279 g/mol. The van der Waals surface area contributed by atoms with Crippen LogP contribution < -0.4 is 10.1 Å². The van der Waals surface area contributed by atoms with Gasteiger partial charge in [-0.2, -0.15) is 0 Å². The average molecular weight is 279 g/mol. The molecule has 3 heteroatoms. The Hall–Kier alpha value is -1.09. The van der Waals surface area contributed by atoms with E-state index in [0.717, 1.165) is 30.9 Å². The van der Waals surface area contributed by atoms with Gasteiger partial charge in [-0.25, -0.2) is 4.39 Å². The van der Waals surface area contributed by atoms with Gasteiger partial charge in [0, 0.05) is 11.6 Å². The number of benzene rings is 1. The zero-order chi connectivity index (χ0) is 14.4. The molecule has 0 bridgehead atoms. The van der Waals surface area contributed by atoms with Crippen LogP contribution in [-0.2, 0) is 0 Å². The summed E-state index contributed by atoms with van der Waals surface area (Å²) in [6.45, 7) is 5.88. The van der Waals surface area contributed by atoms with Gasteiger partial charge in [-0.1, -0.05) is 19.8 Å². The first-order valence-corrected chi connectivity index (χ1v) is 7.86. The summed E-state index contributed by atoms with van der Waals surface area (Å²) in [5, 5.41) is 3.40. The molecule has 20 heavy (non-hydrogen) atoms. The molecule has 0 amide bonds. The van der Waals surface area contributed by atoms with Gasteiger partial charge in [0.2, 0.25) is 0 Å². The Labute approximate surface area is 121 Å². The quantitative estimate of drug-likeness (QED) is 0.796. The second-order valence-electron chi connectivity index (χ2n) is 5.82. The number of hydrogen-bond acceptors (Lipinski definition) is 2. The van der Waals surface area contributed by atoms with Gasteiger partial charge < -0.3 is 10.1 Å². The molecule has 1 aliphatic rings. The molecule has 0 heterocycles. The van der Waals surface area contributed by atoms with Crippen molar-refractivity contribution in [3.8, 4) is 5.75 Å². The summed E-state index contributed by atoms with van der Waals surface area (Å²) in [4.78, 5) is 0. The molecule has 1 aromatic carbocycles. The highest BCUT2D eigenvalue weighted by Crippen LogP contribution is 2.29. The zero-order valence-corrected chi connectivity index (χ0v) is 12.6. The van der Waals surface area contributed by atoms with E-state index in [1.807, 2.05) is 0 Å². The Morgan fingerprint density at radius 3 is 2.80 bits per heavy atom. The normalized spacial score (nSPS) is 17.4. The molecule has 0 spiro atoms. The van der Waals surface area contributed by atoms with E-state index in [0.29, 0.717) is 5.92 Å². The topological polar surface area (TPSA) is 21.3 Å². The lowest BCUT2D eigenvalue weighted by atomic mass is 10.1. The van der Waals surface area contributed by atoms with Crippen LogP contribution in [0.3, 0.4) is 0 Å². The molecule has 0 aromatic heterocycles. The molecule has 112 valence electrons. The Bertz CT molecular complexity index is 415. The number of rotatable bonds is 7. The van der Waals surface area contributed by atoms with E-state index in [4.69, 9.17) is 4.74 Å². The fraction of sp³-hybridized carbons (Fsp3) is 0.647. The van der Waals surface area contributed by atoms with Crippen LogP contribution in [-0.4, -0.2) is 13.2 Å². The van der Waals surface area contributed by atoms with Crippen molar-refractivity contribution in [3.63, 3.8) is 0 Å². The van der Waals surface area contributed by atoms with E-state index in [1.54, 1.807) is 12.1 Å². The molecular formula is C17H26FNO. The molecule has 0 saturated heterocycles. The Morgan fingerprint density at radius 2 is 2.10 bits per heavy atom. The summed E-state index contributed by atoms with van der Waals surface area (Å²) in [7, 11) is 0. The highest BCUT2D eigenvalue weighted by atomic mass is 19.1. The highest BCUT2D eigenvalue weighted by Gasteiger charge is 2.18. The highest BCUT2D eigenvalue weighted by molar-refractivity contribution is 5.36. The third-order valence-corrected chi connectivity index (χ3v) is 4.09. The third-order valence-electron chi connectivity index (χ3n) is 4.09. The average Bonchev–Trinajstić information content (AvgIpc) is 2.96. The molecule has 1 aromatic rings. The standard InChI is InChI=1S/C17H26FNO/c1-3-10-19-13(2)16-11-15(18)8-9-17(16)20-12-14-6-4-5-7-14/h8-9,11,13-14,19H,3-7,10,12H2,1-2H3. The summed E-state index contributed by atoms with van der Waals surface area (Å²) in [6.07, 6.45) is 6.23. The van der Waals surface area contributed by atoms with Crippen LogP contribution in [0.1, 0.15) is 57.6 Å². The minimum absolute atomic E-state index is 0.115. The van der Waals surface area contributed by atoms with Gasteiger partial charge in [-0.15, -0.1) is 0 Å². The van der Waals surface area contributed by atoms with Gasteiger partial charge in [0.05, 0.1) is 6.61 Å². The predicted octanol–water partition coefficient (Wildman–Crippen LogP) is 4.46. The second kappa shape index (κ2) is 7.63. The van der Waals surface area contributed by atoms with Gasteiger partial charge >= 0.3 is 0 Å². The molecular weight excluding hydrogens is 253 g/mol. The van der Waals surface area contributed by atoms with Crippen LogP contribution in [0, 0.1) is 11.7 Å². The molecule has 1 N–H and O–H groups in total. The first-order valence-electron chi connectivity index (χ1n) is 7.86. The first-order chi connectivity index (χ1) is 9.70. The maximum Gasteiger partial charge on any atom is 0.124 e. The van der Waals surface area contributed by atoms with E-state index < -0.39 is 0 Å². The van der Waals surface area contributed by atoms with Crippen molar-refractivity contribution in [3.05, 3.63) is 29.6 Å². The van der Waals surface area contributed by atoms with Crippen LogP contribution in [0.15, 0.2) is 18.2 Å². The second-order valence-corrected chi connectivity index (χ2v) is 5.82. The summed E-state index contributed by atoms with van der Waals surface area (Å²) in [5.74, 6) is 1.31. The van der Waals surface area contributed by atoms with E-state index in [-0.39, 0.29) is 11.9 Å². The summed E-state index contributed by atoms with van der Waals surface area (Å²) >= 11 is 0. The number of ether oxygens (including phenoxy) is 1. The molecule has 2 nitrogen and oxygen atoms in total. The smallest absolute Gasteiger partial charge is 0.124 e. The van der Waals surface area contributed by atoms with E-state index in [9.17, 15) is 4.39 Å². The SMILES string of the molecule is CCCNC(C)c1cc(F)ccc1OCC1CCCC1. The van der Waals surface area contributed by atoms with Crippen molar-refractivity contribution >= 4 is 0 Å². The predicted molar refractivity (Wildman–Crippen MR) is 80.6 cm³/mol. The lowest BCUT2D eigenvalue weighted by Crippen LogP contribution is -2.20. The number of hydrogen-bond donors (Lipinski definition) is 1. The van der Waals surface area contributed by atoms with Crippen molar-refractivity contribution < 1.29 is 9.13 Å². The fourth-order valence-corrected chi connectivity index (χ4v) is 2.84. The molecule has 1 aliphatic carbocycles. The van der Waals surface area contributed by atoms with Gasteiger partial charge in [0.15, 0.2) is 0 Å². The maximum absolute atomic E-state index is 13.5. The van der Waals surface area contributed by atoms with Crippen molar-refractivity contribution in [2.75, 3.05) is 13.2 Å². The van der Waals surface area contributed by atoms with Crippen molar-refractivity contribution in [1.29, 1.82) is 0 Å². The van der Waals surface area contributed by atoms with Crippen molar-refractivity contribution in [1.82, 2.24) is 5.32 Å². The van der Waals surface area contributed by atoms with Crippen LogP contribution in [0.4, 0.5) is 4.39 Å². The summed E-state index contributed by atoms with van der Waals surface area (Å²) in [5.41, 5.74) is 0.927. The largest absolute Gasteiger partial charge is 0.493 e. The van der Waals surface area contributed by atoms with E-state index >= 15 is 0 Å². The molecule has 1 fully saturated rings. The third kappa shape index (κ3) is 4.20. The van der Waals surface area contributed by atoms with Gasteiger partial charge in [0.25, 0.3) is 0 Å². The van der Waals surface area contributed by atoms with Crippen LogP contribution >= 0.6 is 0 Å². The van der Waals surface area contributed by atoms with Gasteiger partial charge in [-0.3, -0.25) is 0 Å². The number of halogens is 1. The Balaban J connectivity index is 2.02. The van der Waals surface area contributed by atoms with Gasteiger partial charge in [0.1, 0.15) is 11.6 Å². The van der Waals surface area contributed by atoms with Crippen molar-refractivity contribution in [2.45, 2.75) is 52.0 Å². The summed E-state index contributed by atoms with van der Waals surface area (Å²) in [6, 6.07) is 4.96. The fourth-order valence-electron chi connectivity index (χ4n) is 2.84. The lowest BCUT2D eigenvalue weighted by molar-refractivity contribution is 0.248. The van der Waals surface area contributed by atoms with Crippen LogP contribution in [0.25, 0.3) is 0 Å². The van der Waals surface area contributed by atoms with Crippen LogP contribution in [0.2, 0.25) is 0 Å². The summed E-state index contributed by atoms with van der Waals surface area (Å²) < 4.78 is 19.5. The molecule has 2 rings (SSSR count). The molecule has 1 saturated carbocycles. The molecule has 0 radical (unpaired) electrons. The van der Waals surface area contributed by atoms with E-state index in [2.05, 4.69) is 19.2 Å². The minimum atomic E-state index is -0.196. The molecule has 1 unspecified atom stereocenters. The lowest BCUT2D eigenvalue weighted by Gasteiger charge is -2.19. The number of nitrogens with one attached hydrogen (secondary N) is 1. The molecule has 0 aliphatic heterocycles. The molecule has 1 atom stereocenters. The Morgan fingerprint density at radius 1 is 1.35 bits per heavy atom. The minimum Gasteiger partial charge on any atom is -0.493 e. The maximum atomic E-state index is 13.5. The Kier molecular flexibility index (Phi) is 5.84. The zero-order valence-electron chi connectivity index (χ0n) is 12.6. The van der Waals surface area contributed by atoms with E-state index in [1.165, 1.54) is 31.7 Å². The van der Waals surface area contributed by atoms with Crippen LogP contribution in [0.5, 0.6) is 5.75 Å². The first kappa shape index (κ1) is 15.3. The van der Waals surface area contributed by atoms with Gasteiger partial charge in [-0.05, 0) is 56.8 Å².